The fourth-order valence-corrected chi connectivity index (χ4v) is 3.10. The van der Waals surface area contributed by atoms with Gasteiger partial charge in [0, 0.05) is 35.3 Å². The van der Waals surface area contributed by atoms with Gasteiger partial charge in [0.05, 0.1) is 17.0 Å². The van der Waals surface area contributed by atoms with E-state index in [0.29, 0.717) is 10.7 Å². The van der Waals surface area contributed by atoms with Gasteiger partial charge in [0.25, 0.3) is 11.6 Å². The summed E-state index contributed by atoms with van der Waals surface area (Å²) in [6, 6.07) is 9.77. The van der Waals surface area contributed by atoms with E-state index >= 15 is 0 Å². The number of nitrogens with zero attached hydrogens (tertiary/aromatic N) is 2. The molecule has 0 bridgehead atoms. The monoisotopic (exact) mass is 360 g/mol. The van der Waals surface area contributed by atoms with Gasteiger partial charge in [-0.2, -0.15) is 0 Å². The van der Waals surface area contributed by atoms with E-state index in [1.165, 1.54) is 36.2 Å². The Morgan fingerprint density at radius 2 is 2.04 bits per heavy atom. The highest BCUT2D eigenvalue weighted by Crippen LogP contribution is 2.43. The molecule has 1 N–H and O–H groups in total. The first-order valence-electron chi connectivity index (χ1n) is 7.32. The SMILES string of the molecule is CN1C(=O)C(O)(CC(=O)c2cccc([N+](=O)[O-])c2)c2cc(Cl)ccc21. The van der Waals surface area contributed by atoms with Crippen LogP contribution in [0.4, 0.5) is 11.4 Å². The molecule has 8 heteroatoms. The van der Waals surface area contributed by atoms with Crippen LogP contribution in [0.1, 0.15) is 22.3 Å². The second kappa shape index (κ2) is 5.94. The zero-order chi connectivity index (χ0) is 18.4. The van der Waals surface area contributed by atoms with E-state index in [4.69, 9.17) is 11.6 Å². The molecule has 2 aromatic carbocycles. The molecular formula is C17H13ClN2O5. The number of aliphatic hydroxyl groups is 1. The summed E-state index contributed by atoms with van der Waals surface area (Å²) >= 11 is 5.95. The van der Waals surface area contributed by atoms with Gasteiger partial charge in [-0.15, -0.1) is 0 Å². The van der Waals surface area contributed by atoms with Crippen molar-refractivity contribution in [3.8, 4) is 0 Å². The fraction of sp³-hybridized carbons (Fsp3) is 0.176. The Morgan fingerprint density at radius 3 is 2.72 bits per heavy atom. The van der Waals surface area contributed by atoms with Crippen LogP contribution >= 0.6 is 11.6 Å². The number of hydrogen-bond acceptors (Lipinski definition) is 5. The van der Waals surface area contributed by atoms with Crippen LogP contribution in [0.25, 0.3) is 0 Å². The average Bonchev–Trinajstić information content (AvgIpc) is 2.76. The van der Waals surface area contributed by atoms with E-state index in [2.05, 4.69) is 0 Å². The number of anilines is 1. The van der Waals surface area contributed by atoms with Gasteiger partial charge in [0.2, 0.25) is 0 Å². The second-order valence-corrected chi connectivity index (χ2v) is 6.23. The Morgan fingerprint density at radius 1 is 1.32 bits per heavy atom. The van der Waals surface area contributed by atoms with Crippen molar-refractivity contribution in [1.29, 1.82) is 0 Å². The highest BCUT2D eigenvalue weighted by Gasteiger charge is 2.49. The second-order valence-electron chi connectivity index (χ2n) is 5.79. The number of ketones is 1. The number of fused-ring (bicyclic) bond motifs is 1. The van der Waals surface area contributed by atoms with Crippen LogP contribution in [0.2, 0.25) is 5.02 Å². The van der Waals surface area contributed by atoms with Crippen LogP contribution in [-0.2, 0) is 10.4 Å². The molecule has 25 heavy (non-hydrogen) atoms. The first kappa shape index (κ1) is 17.1. The Bertz CT molecular complexity index is 914. The summed E-state index contributed by atoms with van der Waals surface area (Å²) in [4.78, 5) is 36.5. The topological polar surface area (TPSA) is 101 Å². The van der Waals surface area contributed by atoms with E-state index in [1.807, 2.05) is 0 Å². The molecule has 1 unspecified atom stereocenters. The Balaban J connectivity index is 1.98. The molecule has 0 radical (unpaired) electrons. The third-order valence-electron chi connectivity index (χ3n) is 4.22. The van der Waals surface area contributed by atoms with Crippen LogP contribution in [0.5, 0.6) is 0 Å². The third kappa shape index (κ3) is 2.77. The number of amides is 1. The molecule has 1 aliphatic rings. The summed E-state index contributed by atoms with van der Waals surface area (Å²) in [6.45, 7) is 0. The van der Waals surface area contributed by atoms with Gasteiger partial charge in [-0.3, -0.25) is 19.7 Å². The van der Waals surface area contributed by atoms with E-state index in [-0.39, 0.29) is 16.8 Å². The molecule has 0 saturated heterocycles. The van der Waals surface area contributed by atoms with Crippen molar-refractivity contribution >= 4 is 34.7 Å². The van der Waals surface area contributed by atoms with Gasteiger partial charge in [-0.05, 0) is 18.2 Å². The van der Waals surface area contributed by atoms with E-state index < -0.39 is 28.6 Å². The quantitative estimate of drug-likeness (QED) is 0.513. The molecule has 2 aromatic rings. The van der Waals surface area contributed by atoms with Crippen LogP contribution in [0.15, 0.2) is 42.5 Å². The Kier molecular flexibility index (Phi) is 4.06. The van der Waals surface area contributed by atoms with Gasteiger partial charge in [-0.25, -0.2) is 0 Å². The van der Waals surface area contributed by atoms with Crippen molar-refractivity contribution in [2.45, 2.75) is 12.0 Å². The zero-order valence-electron chi connectivity index (χ0n) is 13.1. The van der Waals surface area contributed by atoms with Gasteiger partial charge >= 0.3 is 0 Å². The lowest BCUT2D eigenvalue weighted by Crippen LogP contribution is -2.40. The normalized spacial score (nSPS) is 19.0. The van der Waals surface area contributed by atoms with E-state index in [9.17, 15) is 24.8 Å². The van der Waals surface area contributed by atoms with Crippen LogP contribution < -0.4 is 4.90 Å². The largest absolute Gasteiger partial charge is 0.375 e. The third-order valence-corrected chi connectivity index (χ3v) is 4.45. The molecule has 0 saturated carbocycles. The molecular weight excluding hydrogens is 348 g/mol. The zero-order valence-corrected chi connectivity index (χ0v) is 13.9. The standard InChI is InChI=1S/C17H13ClN2O5/c1-19-14-6-5-11(18)8-13(14)17(23,16(19)22)9-15(21)10-3-2-4-12(7-10)20(24)25/h2-8,23H,9H2,1H3. The highest BCUT2D eigenvalue weighted by molar-refractivity contribution is 6.31. The predicted octanol–water partition coefficient (Wildman–Crippen LogP) is 2.69. The molecule has 1 amide bonds. The molecule has 0 spiro atoms. The number of halogens is 1. The first-order chi connectivity index (χ1) is 11.7. The summed E-state index contributed by atoms with van der Waals surface area (Å²) in [5, 5.41) is 22.1. The van der Waals surface area contributed by atoms with Crippen LogP contribution in [-0.4, -0.2) is 28.8 Å². The minimum atomic E-state index is -2.06. The van der Waals surface area contributed by atoms with Gasteiger partial charge < -0.3 is 10.0 Å². The minimum absolute atomic E-state index is 0.0496. The number of nitro benzene ring substituents is 1. The molecule has 0 fully saturated rings. The summed E-state index contributed by atoms with van der Waals surface area (Å²) < 4.78 is 0. The number of benzene rings is 2. The molecule has 0 aromatic heterocycles. The number of hydrogen-bond donors (Lipinski definition) is 1. The number of non-ortho nitro benzene ring substituents is 1. The molecule has 7 nitrogen and oxygen atoms in total. The lowest BCUT2D eigenvalue weighted by molar-refractivity contribution is -0.384. The van der Waals surface area contributed by atoms with E-state index in [1.54, 1.807) is 12.1 Å². The average molecular weight is 361 g/mol. The van der Waals surface area contributed by atoms with Gasteiger partial charge in [0.1, 0.15) is 0 Å². The molecule has 1 aliphatic heterocycles. The number of rotatable bonds is 4. The van der Waals surface area contributed by atoms with E-state index in [0.717, 1.165) is 6.07 Å². The van der Waals surface area contributed by atoms with Crippen LogP contribution in [0.3, 0.4) is 0 Å². The van der Waals surface area contributed by atoms with Crippen LogP contribution in [0, 0.1) is 10.1 Å². The van der Waals surface area contributed by atoms with Crippen molar-refractivity contribution in [2.75, 3.05) is 11.9 Å². The highest BCUT2D eigenvalue weighted by atomic mass is 35.5. The fourth-order valence-electron chi connectivity index (χ4n) is 2.93. The van der Waals surface area contributed by atoms with Crippen molar-refractivity contribution in [2.24, 2.45) is 0 Å². The number of carbonyl (C=O) groups is 2. The minimum Gasteiger partial charge on any atom is -0.375 e. The summed E-state index contributed by atoms with van der Waals surface area (Å²) in [6.07, 6.45) is -0.537. The first-order valence-corrected chi connectivity index (χ1v) is 7.70. The maximum atomic E-state index is 12.5. The smallest absolute Gasteiger partial charge is 0.270 e. The summed E-state index contributed by atoms with van der Waals surface area (Å²) in [7, 11) is 1.49. The number of likely N-dealkylation sites (N-methyl/N-ethyl adjacent to an activating group) is 1. The molecule has 128 valence electrons. The summed E-state index contributed by atoms with van der Waals surface area (Å²) in [5.74, 6) is -1.23. The molecule has 1 atom stereocenters. The van der Waals surface area contributed by atoms with Crippen molar-refractivity contribution in [3.63, 3.8) is 0 Å². The van der Waals surface area contributed by atoms with Gasteiger partial charge in [-0.1, -0.05) is 23.7 Å². The Labute approximate surface area is 147 Å². The molecule has 1 heterocycles. The lowest BCUT2D eigenvalue weighted by Gasteiger charge is -2.21. The lowest BCUT2D eigenvalue weighted by atomic mass is 9.88. The number of carbonyl (C=O) groups excluding carboxylic acids is 2. The molecule has 0 aliphatic carbocycles. The summed E-state index contributed by atoms with van der Waals surface area (Å²) in [5.41, 5.74) is -1.55. The predicted molar refractivity (Wildman–Crippen MR) is 90.8 cm³/mol. The van der Waals surface area contributed by atoms with Crippen molar-refractivity contribution in [1.82, 2.24) is 0 Å². The maximum absolute atomic E-state index is 12.5. The maximum Gasteiger partial charge on any atom is 0.270 e. The number of Topliss-reactive ketones (excluding diaryl/α,β-unsaturated/α-hetero) is 1. The van der Waals surface area contributed by atoms with Crippen molar-refractivity contribution in [3.05, 3.63) is 68.7 Å². The molecule has 3 rings (SSSR count). The number of nitro groups is 1. The van der Waals surface area contributed by atoms with Crippen molar-refractivity contribution < 1.29 is 19.6 Å². The van der Waals surface area contributed by atoms with Gasteiger partial charge in [0.15, 0.2) is 11.4 Å². The Hall–Kier alpha value is -2.77.